The molecule has 1 aliphatic heterocycles. The van der Waals surface area contributed by atoms with Gasteiger partial charge in [0.15, 0.2) is 0 Å². The maximum atomic E-state index is 12.4. The number of carbonyl (C=O) groups excluding carboxylic acids is 3. The smallest absolute Gasteiger partial charge is 0.261 e. The number of fused-ring (bicyclic) bond motifs is 1. The number of amides is 3. The number of aromatic nitrogens is 2. The Morgan fingerprint density at radius 2 is 1.81 bits per heavy atom. The monoisotopic (exact) mass is 480 g/mol. The van der Waals surface area contributed by atoms with E-state index in [9.17, 15) is 14.4 Å². The molecule has 2 heterocycles. The van der Waals surface area contributed by atoms with E-state index in [0.717, 1.165) is 15.7 Å². The maximum Gasteiger partial charge on any atom is 0.261 e. The van der Waals surface area contributed by atoms with Gasteiger partial charge in [0.1, 0.15) is 0 Å². The first-order chi connectivity index (χ1) is 15.0. The topological polar surface area (TPSA) is 84.3 Å². The lowest BCUT2D eigenvalue weighted by atomic mass is 10.1. The number of hydrogen-bond donors (Lipinski definition) is 1. The van der Waals surface area contributed by atoms with Gasteiger partial charge in [0.05, 0.1) is 23.0 Å². The molecule has 0 aliphatic carbocycles. The zero-order chi connectivity index (χ0) is 21.8. The largest absolute Gasteiger partial charge is 0.356 e. The summed E-state index contributed by atoms with van der Waals surface area (Å²) in [4.78, 5) is 38.2. The van der Waals surface area contributed by atoms with Gasteiger partial charge >= 0.3 is 0 Å². The van der Waals surface area contributed by atoms with Gasteiger partial charge < -0.3 is 5.32 Å². The molecule has 0 bridgehead atoms. The fourth-order valence-corrected chi connectivity index (χ4v) is 3.87. The number of imide groups is 1. The summed E-state index contributed by atoms with van der Waals surface area (Å²) in [7, 11) is 0. The highest BCUT2D eigenvalue weighted by Crippen LogP contribution is 2.26. The van der Waals surface area contributed by atoms with Crippen LogP contribution in [0.3, 0.4) is 0 Å². The zero-order valence-corrected chi connectivity index (χ0v) is 18.3. The molecule has 0 saturated carbocycles. The van der Waals surface area contributed by atoms with Crippen molar-refractivity contribution >= 4 is 33.7 Å². The van der Waals surface area contributed by atoms with Gasteiger partial charge in [-0.15, -0.1) is 0 Å². The van der Waals surface area contributed by atoms with Crippen molar-refractivity contribution in [2.24, 2.45) is 0 Å². The summed E-state index contributed by atoms with van der Waals surface area (Å²) in [5, 5.41) is 7.23. The predicted molar refractivity (Wildman–Crippen MR) is 119 cm³/mol. The molecule has 0 radical (unpaired) electrons. The highest BCUT2D eigenvalue weighted by Gasteiger charge is 2.35. The van der Waals surface area contributed by atoms with Crippen LogP contribution in [0.15, 0.2) is 65.4 Å². The molecular weight excluding hydrogens is 460 g/mol. The van der Waals surface area contributed by atoms with Gasteiger partial charge in [0.2, 0.25) is 5.91 Å². The first kappa shape index (κ1) is 21.0. The molecule has 3 amide bonds. The van der Waals surface area contributed by atoms with E-state index in [0.29, 0.717) is 30.5 Å². The second-order valence-electron chi connectivity index (χ2n) is 7.28. The van der Waals surface area contributed by atoms with E-state index in [-0.39, 0.29) is 30.7 Å². The fourth-order valence-electron chi connectivity index (χ4n) is 3.51. The van der Waals surface area contributed by atoms with E-state index in [4.69, 9.17) is 0 Å². The summed E-state index contributed by atoms with van der Waals surface area (Å²) in [6.45, 7) is 0.724. The average molecular weight is 481 g/mol. The van der Waals surface area contributed by atoms with Crippen molar-refractivity contribution in [3.63, 3.8) is 0 Å². The molecule has 4 rings (SSSR count). The van der Waals surface area contributed by atoms with Crippen LogP contribution in [0.4, 0.5) is 0 Å². The molecular formula is C23H21BrN4O3. The number of rotatable bonds is 8. The molecule has 0 spiro atoms. The Kier molecular flexibility index (Phi) is 6.27. The molecule has 0 unspecified atom stereocenters. The predicted octanol–water partition coefficient (Wildman–Crippen LogP) is 3.37. The molecule has 1 aliphatic rings. The number of halogens is 1. The number of nitrogens with one attached hydrogen (secondary N) is 1. The van der Waals surface area contributed by atoms with Gasteiger partial charge in [-0.1, -0.05) is 34.1 Å². The van der Waals surface area contributed by atoms with E-state index >= 15 is 0 Å². The number of benzene rings is 2. The second kappa shape index (κ2) is 9.26. The van der Waals surface area contributed by atoms with Crippen LogP contribution in [0.5, 0.6) is 0 Å². The van der Waals surface area contributed by atoms with Gasteiger partial charge in [-0.2, -0.15) is 5.10 Å². The lowest BCUT2D eigenvalue weighted by Crippen LogP contribution is -2.32. The number of carbonyl (C=O) groups is 3. The first-order valence-corrected chi connectivity index (χ1v) is 10.8. The summed E-state index contributed by atoms with van der Waals surface area (Å²) in [6, 6.07) is 14.9. The summed E-state index contributed by atoms with van der Waals surface area (Å²) in [5.41, 5.74) is 2.83. The van der Waals surface area contributed by atoms with Crippen molar-refractivity contribution in [2.45, 2.75) is 19.3 Å². The van der Waals surface area contributed by atoms with Crippen LogP contribution in [-0.4, -0.2) is 45.5 Å². The van der Waals surface area contributed by atoms with Crippen LogP contribution in [0.2, 0.25) is 0 Å². The van der Waals surface area contributed by atoms with Crippen molar-refractivity contribution in [3.8, 4) is 5.69 Å². The summed E-state index contributed by atoms with van der Waals surface area (Å²) >= 11 is 3.32. The SMILES string of the molecule is O=C(CCCN1C(=O)c2ccc(Br)cc2C1=O)NCCc1cnn(-c2ccccc2)c1. The van der Waals surface area contributed by atoms with E-state index in [1.807, 2.05) is 36.5 Å². The standard InChI is InChI=1S/C23H21BrN4O3/c24-17-8-9-19-20(13-17)23(31)27(22(19)30)12-4-7-21(29)25-11-10-16-14-26-28(15-16)18-5-2-1-3-6-18/h1-3,5-6,8-9,13-15H,4,7,10-12H2,(H,25,29). The van der Waals surface area contributed by atoms with Gasteiger partial charge in [-0.25, -0.2) is 4.68 Å². The molecule has 3 aromatic rings. The Hall–Kier alpha value is -3.26. The van der Waals surface area contributed by atoms with Crippen molar-refractivity contribution < 1.29 is 14.4 Å². The molecule has 0 atom stereocenters. The molecule has 158 valence electrons. The van der Waals surface area contributed by atoms with Crippen LogP contribution in [-0.2, 0) is 11.2 Å². The molecule has 2 aromatic carbocycles. The highest BCUT2D eigenvalue weighted by molar-refractivity contribution is 9.10. The van der Waals surface area contributed by atoms with E-state index in [1.165, 1.54) is 4.90 Å². The lowest BCUT2D eigenvalue weighted by Gasteiger charge is -2.13. The molecule has 7 nitrogen and oxygen atoms in total. The lowest BCUT2D eigenvalue weighted by molar-refractivity contribution is -0.121. The third-order valence-corrected chi connectivity index (χ3v) is 5.60. The zero-order valence-electron chi connectivity index (χ0n) is 16.8. The molecule has 1 aromatic heterocycles. The van der Waals surface area contributed by atoms with Crippen LogP contribution in [0.25, 0.3) is 5.69 Å². The van der Waals surface area contributed by atoms with Crippen molar-refractivity contribution in [2.75, 3.05) is 13.1 Å². The Morgan fingerprint density at radius 1 is 1.03 bits per heavy atom. The first-order valence-electron chi connectivity index (χ1n) is 10.0. The van der Waals surface area contributed by atoms with Crippen molar-refractivity contribution in [3.05, 3.63) is 82.1 Å². The van der Waals surface area contributed by atoms with Crippen LogP contribution >= 0.6 is 15.9 Å². The fraction of sp³-hybridized carbons (Fsp3) is 0.217. The summed E-state index contributed by atoms with van der Waals surface area (Å²) < 4.78 is 2.56. The van der Waals surface area contributed by atoms with Gasteiger partial charge in [-0.05, 0) is 48.7 Å². The molecule has 31 heavy (non-hydrogen) atoms. The Morgan fingerprint density at radius 3 is 2.61 bits per heavy atom. The number of hydrogen-bond acceptors (Lipinski definition) is 4. The minimum Gasteiger partial charge on any atom is -0.356 e. The number of nitrogens with zero attached hydrogens (tertiary/aromatic N) is 3. The minimum absolute atomic E-state index is 0.102. The van der Waals surface area contributed by atoms with Crippen molar-refractivity contribution in [1.82, 2.24) is 20.0 Å². The summed E-state index contributed by atoms with van der Waals surface area (Å²) in [6.07, 6.45) is 5.08. The van der Waals surface area contributed by atoms with Crippen molar-refractivity contribution in [1.29, 1.82) is 0 Å². The minimum atomic E-state index is -0.308. The second-order valence-corrected chi connectivity index (χ2v) is 8.20. The molecule has 0 saturated heterocycles. The highest BCUT2D eigenvalue weighted by atomic mass is 79.9. The van der Waals surface area contributed by atoms with Gasteiger partial charge in [0.25, 0.3) is 11.8 Å². The Balaban J connectivity index is 1.20. The van der Waals surface area contributed by atoms with E-state index < -0.39 is 0 Å². The maximum absolute atomic E-state index is 12.4. The molecule has 8 heteroatoms. The van der Waals surface area contributed by atoms with E-state index in [1.54, 1.807) is 29.1 Å². The van der Waals surface area contributed by atoms with Gasteiger partial charge in [-0.3, -0.25) is 19.3 Å². The summed E-state index contributed by atoms with van der Waals surface area (Å²) in [5.74, 6) is -0.713. The van der Waals surface area contributed by atoms with Crippen LogP contribution in [0.1, 0.15) is 39.1 Å². The quantitative estimate of drug-likeness (QED) is 0.500. The number of para-hydroxylation sites is 1. The van der Waals surface area contributed by atoms with Crippen LogP contribution < -0.4 is 5.32 Å². The Bertz CT molecular complexity index is 1130. The third kappa shape index (κ3) is 4.74. The van der Waals surface area contributed by atoms with Gasteiger partial charge in [0, 0.05) is 30.2 Å². The Labute approximate surface area is 188 Å². The van der Waals surface area contributed by atoms with Crippen LogP contribution in [0, 0.1) is 0 Å². The average Bonchev–Trinajstić information content (AvgIpc) is 3.33. The molecule has 0 fully saturated rings. The molecule has 1 N–H and O–H groups in total. The normalized spacial score (nSPS) is 12.9. The third-order valence-electron chi connectivity index (χ3n) is 5.11. The van der Waals surface area contributed by atoms with E-state index in [2.05, 4.69) is 26.3 Å².